The fraction of sp³-hybridized carbons (Fsp3) is 0.200. The second kappa shape index (κ2) is 8.04. The number of sulfonamides is 1. The summed E-state index contributed by atoms with van der Waals surface area (Å²) in [6, 6.07) is 15.5. The van der Waals surface area contributed by atoms with E-state index < -0.39 is 15.6 Å². The van der Waals surface area contributed by atoms with Crippen LogP contribution in [0.3, 0.4) is 0 Å². The van der Waals surface area contributed by atoms with Crippen molar-refractivity contribution in [2.24, 2.45) is 0 Å². The summed E-state index contributed by atoms with van der Waals surface area (Å²) >= 11 is 0. The topological polar surface area (TPSA) is 109 Å². The molecule has 0 bridgehead atoms. The Morgan fingerprint density at radius 2 is 1.64 bits per heavy atom. The first-order valence-corrected chi connectivity index (χ1v) is 12.2. The number of fused-ring (bicyclic) bond motifs is 1. The molecule has 8 heteroatoms. The Kier molecular flexibility index (Phi) is 5.49. The normalized spacial score (nSPS) is 12.1. The molecule has 2 heterocycles. The molecule has 4 aromatic rings. The molecule has 0 aliphatic rings. The predicted molar refractivity (Wildman–Crippen MR) is 131 cm³/mol. The molecule has 0 fully saturated rings. The molecule has 4 rings (SSSR count). The molecule has 0 saturated heterocycles. The Labute approximate surface area is 191 Å². The number of hydrogen-bond donors (Lipinski definition) is 2. The fourth-order valence-corrected chi connectivity index (χ4v) is 4.23. The third-order valence-electron chi connectivity index (χ3n) is 5.31. The van der Waals surface area contributed by atoms with Crippen LogP contribution in [0.5, 0.6) is 0 Å². The van der Waals surface area contributed by atoms with Gasteiger partial charge in [-0.25, -0.2) is 13.2 Å². The lowest BCUT2D eigenvalue weighted by Gasteiger charge is -2.21. The maximum Gasteiger partial charge on any atom is 0.344 e. The first kappa shape index (κ1) is 22.5. The summed E-state index contributed by atoms with van der Waals surface area (Å²) in [6.45, 7) is 6.19. The first-order chi connectivity index (χ1) is 15.4. The number of anilines is 1. The first-order valence-electron chi connectivity index (χ1n) is 10.3. The van der Waals surface area contributed by atoms with Crippen LogP contribution in [0, 0.1) is 0 Å². The van der Waals surface area contributed by atoms with E-state index in [1.807, 2.05) is 12.1 Å². The van der Waals surface area contributed by atoms with Crippen molar-refractivity contribution in [3.63, 3.8) is 0 Å². The molecule has 7 nitrogen and oxygen atoms in total. The third-order valence-corrected chi connectivity index (χ3v) is 5.92. The van der Waals surface area contributed by atoms with E-state index in [2.05, 4.69) is 30.5 Å². The minimum Gasteiger partial charge on any atom is -0.422 e. The average molecular weight is 465 g/mol. The number of rotatable bonds is 4. The van der Waals surface area contributed by atoms with Crippen LogP contribution >= 0.6 is 0 Å². The van der Waals surface area contributed by atoms with Gasteiger partial charge in [-0.05, 0) is 64.9 Å². The van der Waals surface area contributed by atoms with Gasteiger partial charge in [0.25, 0.3) is 5.56 Å². The highest BCUT2D eigenvalue weighted by Gasteiger charge is 2.20. The van der Waals surface area contributed by atoms with Gasteiger partial charge in [-0.3, -0.25) is 9.52 Å². The van der Waals surface area contributed by atoms with Crippen LogP contribution in [0.1, 0.15) is 26.3 Å². The van der Waals surface area contributed by atoms with Crippen molar-refractivity contribution in [3.8, 4) is 22.5 Å². The van der Waals surface area contributed by atoms with Gasteiger partial charge in [-0.15, -0.1) is 0 Å². The lowest BCUT2D eigenvalue weighted by Crippen LogP contribution is -2.15. The second-order valence-electron chi connectivity index (χ2n) is 9.00. The largest absolute Gasteiger partial charge is 0.422 e. The summed E-state index contributed by atoms with van der Waals surface area (Å²) in [5.74, 6) is 0.345. The van der Waals surface area contributed by atoms with Crippen molar-refractivity contribution in [1.82, 2.24) is 4.98 Å². The van der Waals surface area contributed by atoms with Crippen molar-refractivity contribution in [3.05, 3.63) is 87.1 Å². The molecule has 0 radical (unpaired) electrons. The molecule has 0 saturated carbocycles. The third kappa shape index (κ3) is 4.75. The maximum absolute atomic E-state index is 13.1. The average Bonchev–Trinajstić information content (AvgIpc) is 2.72. The van der Waals surface area contributed by atoms with E-state index in [1.165, 1.54) is 0 Å². The number of pyridine rings is 1. The van der Waals surface area contributed by atoms with Crippen molar-refractivity contribution in [2.75, 3.05) is 11.0 Å². The zero-order chi connectivity index (χ0) is 24.0. The van der Waals surface area contributed by atoms with Crippen LogP contribution in [0.4, 0.5) is 5.69 Å². The second-order valence-corrected chi connectivity index (χ2v) is 10.7. The molecule has 0 amide bonds. The molecule has 170 valence electrons. The van der Waals surface area contributed by atoms with Crippen molar-refractivity contribution in [2.45, 2.75) is 26.2 Å². The minimum atomic E-state index is -3.40. The fourth-order valence-electron chi connectivity index (χ4n) is 3.67. The van der Waals surface area contributed by atoms with Gasteiger partial charge in [0, 0.05) is 28.6 Å². The molecular formula is C25H24N2O5S. The quantitative estimate of drug-likeness (QED) is 0.463. The Morgan fingerprint density at radius 3 is 2.24 bits per heavy atom. The number of nitrogens with one attached hydrogen (secondary N) is 2. The van der Waals surface area contributed by atoms with Gasteiger partial charge in [0.05, 0.1) is 11.6 Å². The predicted octanol–water partition coefficient (Wildman–Crippen LogP) is 4.48. The lowest BCUT2D eigenvalue weighted by atomic mass is 9.83. The van der Waals surface area contributed by atoms with E-state index in [0.717, 1.165) is 11.8 Å². The molecule has 0 atom stereocenters. The van der Waals surface area contributed by atoms with Crippen LogP contribution in [0.2, 0.25) is 0 Å². The Morgan fingerprint density at radius 1 is 0.939 bits per heavy atom. The van der Waals surface area contributed by atoms with Gasteiger partial charge < -0.3 is 9.40 Å². The SMILES string of the molecule is CC(C)(C)c1cc(-c2ccc[nH]c2=O)c2c(=O)oc(-c3ccc(NS(C)(=O)=O)cc3)cc2c1. The Bertz CT molecular complexity index is 1570. The zero-order valence-corrected chi connectivity index (χ0v) is 19.5. The molecule has 2 aromatic carbocycles. The van der Waals surface area contributed by atoms with Crippen LogP contribution in [-0.2, 0) is 15.4 Å². The highest BCUT2D eigenvalue weighted by Crippen LogP contribution is 2.34. The number of aromatic nitrogens is 1. The summed E-state index contributed by atoms with van der Waals surface area (Å²) in [4.78, 5) is 28.3. The van der Waals surface area contributed by atoms with Crippen LogP contribution in [0.15, 0.2) is 74.8 Å². The summed E-state index contributed by atoms with van der Waals surface area (Å²) in [5.41, 5.74) is 1.84. The summed E-state index contributed by atoms with van der Waals surface area (Å²) < 4.78 is 30.9. The van der Waals surface area contributed by atoms with E-state index in [1.54, 1.807) is 48.7 Å². The van der Waals surface area contributed by atoms with Crippen LogP contribution in [0.25, 0.3) is 33.2 Å². The summed E-state index contributed by atoms with van der Waals surface area (Å²) in [6.07, 6.45) is 2.62. The number of benzene rings is 2. The Hall–Kier alpha value is -3.65. The van der Waals surface area contributed by atoms with Crippen LogP contribution < -0.4 is 15.9 Å². The van der Waals surface area contributed by atoms with E-state index >= 15 is 0 Å². The van der Waals surface area contributed by atoms with Gasteiger partial charge in [0.2, 0.25) is 10.0 Å². The van der Waals surface area contributed by atoms with Gasteiger partial charge in [0.15, 0.2) is 0 Å². The number of H-pyrrole nitrogens is 1. The number of aromatic amines is 1. The zero-order valence-electron chi connectivity index (χ0n) is 18.7. The van der Waals surface area contributed by atoms with E-state index in [9.17, 15) is 18.0 Å². The maximum atomic E-state index is 13.1. The van der Waals surface area contributed by atoms with Gasteiger partial charge in [-0.1, -0.05) is 26.8 Å². The molecule has 2 N–H and O–H groups in total. The summed E-state index contributed by atoms with van der Waals surface area (Å²) in [7, 11) is -3.40. The van der Waals surface area contributed by atoms with Crippen molar-refractivity contribution >= 4 is 26.5 Å². The highest BCUT2D eigenvalue weighted by molar-refractivity contribution is 7.92. The summed E-state index contributed by atoms with van der Waals surface area (Å²) in [5, 5.41) is 0.990. The van der Waals surface area contributed by atoms with Gasteiger partial charge in [-0.2, -0.15) is 0 Å². The monoisotopic (exact) mass is 464 g/mol. The molecule has 2 aromatic heterocycles. The molecular weight excluding hydrogens is 440 g/mol. The molecule has 0 aliphatic heterocycles. The molecule has 33 heavy (non-hydrogen) atoms. The molecule has 0 spiro atoms. The van der Waals surface area contributed by atoms with E-state index in [0.29, 0.717) is 38.9 Å². The van der Waals surface area contributed by atoms with Gasteiger partial charge >= 0.3 is 5.63 Å². The lowest BCUT2D eigenvalue weighted by molar-refractivity contribution is 0.534. The smallest absolute Gasteiger partial charge is 0.344 e. The van der Waals surface area contributed by atoms with E-state index in [4.69, 9.17) is 4.42 Å². The molecule has 0 unspecified atom stereocenters. The highest BCUT2D eigenvalue weighted by atomic mass is 32.2. The Balaban J connectivity index is 1.94. The van der Waals surface area contributed by atoms with Crippen molar-refractivity contribution in [1.29, 1.82) is 0 Å². The van der Waals surface area contributed by atoms with Crippen LogP contribution in [-0.4, -0.2) is 19.7 Å². The standard InChI is InChI=1S/C25H24N2O5S/c1-25(2,3)17-12-16-13-21(15-7-9-18(10-8-15)27-33(4,30)31)32-24(29)22(16)20(14-17)19-6-5-11-26-23(19)28/h5-14,27H,1-4H3,(H,26,28). The minimum absolute atomic E-state index is 0.223. The van der Waals surface area contributed by atoms with Crippen molar-refractivity contribution < 1.29 is 12.8 Å². The van der Waals surface area contributed by atoms with E-state index in [-0.39, 0.29) is 11.0 Å². The molecule has 0 aliphatic carbocycles. The number of hydrogen-bond acceptors (Lipinski definition) is 5. The van der Waals surface area contributed by atoms with Gasteiger partial charge in [0.1, 0.15) is 5.76 Å².